The van der Waals surface area contributed by atoms with E-state index in [-0.39, 0.29) is 11.4 Å². The highest BCUT2D eigenvalue weighted by Crippen LogP contribution is 2.19. The second kappa shape index (κ2) is 4.53. The van der Waals surface area contributed by atoms with E-state index in [1.54, 1.807) is 0 Å². The minimum atomic E-state index is -1.13. The Morgan fingerprint density at radius 2 is 1.71 bits per heavy atom. The lowest BCUT2D eigenvalue weighted by atomic mass is 9.80. The molecule has 0 fully saturated rings. The monoisotopic (exact) mass is 200 g/mol. The van der Waals surface area contributed by atoms with Crippen LogP contribution in [0.15, 0.2) is 12.1 Å². The van der Waals surface area contributed by atoms with Crippen molar-refractivity contribution in [1.29, 1.82) is 0 Å². The van der Waals surface area contributed by atoms with Gasteiger partial charge in [0.05, 0.1) is 0 Å². The van der Waals surface area contributed by atoms with Crippen LogP contribution in [-0.4, -0.2) is 7.85 Å². The van der Waals surface area contributed by atoms with Crippen molar-refractivity contribution in [3.8, 4) is 0 Å². The van der Waals surface area contributed by atoms with Crippen molar-refractivity contribution >= 4 is 7.85 Å². The Hall–Kier alpha value is -0.925. The third-order valence-electron chi connectivity index (χ3n) is 2.35. The highest BCUT2D eigenvalue weighted by Gasteiger charge is 2.11. The van der Waals surface area contributed by atoms with Gasteiger partial charge in [0.1, 0.15) is 13.7 Å². The van der Waals surface area contributed by atoms with Gasteiger partial charge in [-0.05, 0) is 18.1 Å². The maximum Gasteiger partial charge on any atom is 0.161 e. The van der Waals surface area contributed by atoms with Gasteiger partial charge < -0.3 is 0 Å². The summed E-state index contributed by atoms with van der Waals surface area (Å²) in [6, 6.07) is 1.55. The standard InChI is InChI=1S/C10H12BF3/c1-2-7(11)3-6-4-9(13)10(14)5-8(6)12/h4-5,7H,2-3,11H2,1H3. The molecule has 0 aliphatic heterocycles. The molecule has 1 atom stereocenters. The molecule has 1 rings (SSSR count). The molecule has 0 amide bonds. The largest absolute Gasteiger partial charge is 0.207 e. The van der Waals surface area contributed by atoms with E-state index in [4.69, 9.17) is 0 Å². The number of benzene rings is 1. The van der Waals surface area contributed by atoms with Gasteiger partial charge in [0.15, 0.2) is 11.6 Å². The molecular weight excluding hydrogens is 188 g/mol. The Labute approximate surface area is 82.5 Å². The Morgan fingerprint density at radius 1 is 1.14 bits per heavy atom. The smallest absolute Gasteiger partial charge is 0.161 e. The maximum absolute atomic E-state index is 13.1. The van der Waals surface area contributed by atoms with Gasteiger partial charge in [0, 0.05) is 6.07 Å². The summed E-state index contributed by atoms with van der Waals surface area (Å²) in [5.74, 6) is -2.50. The van der Waals surface area contributed by atoms with Crippen molar-refractivity contribution in [2.75, 3.05) is 0 Å². The van der Waals surface area contributed by atoms with Crippen LogP contribution in [0.4, 0.5) is 13.2 Å². The van der Waals surface area contributed by atoms with Crippen LogP contribution in [0.1, 0.15) is 18.9 Å². The molecule has 1 unspecified atom stereocenters. The number of rotatable bonds is 3. The molecule has 14 heavy (non-hydrogen) atoms. The zero-order valence-corrected chi connectivity index (χ0v) is 8.28. The molecule has 0 spiro atoms. The van der Waals surface area contributed by atoms with Crippen LogP contribution in [0.2, 0.25) is 5.82 Å². The lowest BCUT2D eigenvalue weighted by Gasteiger charge is -2.09. The fraction of sp³-hybridized carbons (Fsp3) is 0.400. The molecule has 0 bridgehead atoms. The van der Waals surface area contributed by atoms with Crippen LogP contribution in [-0.2, 0) is 6.42 Å². The summed E-state index contributed by atoms with van der Waals surface area (Å²) in [6.45, 7) is 1.97. The first kappa shape index (κ1) is 11.2. The summed E-state index contributed by atoms with van der Waals surface area (Å²) < 4.78 is 38.5. The molecular formula is C10H12BF3. The lowest BCUT2D eigenvalue weighted by Crippen LogP contribution is -2.01. The number of hydrogen-bond acceptors (Lipinski definition) is 0. The van der Waals surface area contributed by atoms with E-state index in [1.807, 2.05) is 14.8 Å². The average Bonchev–Trinajstić information content (AvgIpc) is 2.14. The highest BCUT2D eigenvalue weighted by molar-refractivity contribution is 6.11. The second-order valence-electron chi connectivity index (χ2n) is 3.58. The van der Waals surface area contributed by atoms with E-state index in [9.17, 15) is 13.2 Å². The SMILES string of the molecule is BC(CC)Cc1cc(F)c(F)cc1F. The summed E-state index contributed by atoms with van der Waals surface area (Å²) >= 11 is 0. The summed E-state index contributed by atoms with van der Waals surface area (Å²) in [5, 5.41) is 0. The van der Waals surface area contributed by atoms with Gasteiger partial charge in [-0.1, -0.05) is 19.2 Å². The fourth-order valence-electron chi connectivity index (χ4n) is 1.24. The van der Waals surface area contributed by atoms with Crippen LogP contribution >= 0.6 is 0 Å². The highest BCUT2D eigenvalue weighted by atomic mass is 19.2. The topological polar surface area (TPSA) is 0 Å². The zero-order chi connectivity index (χ0) is 10.7. The summed E-state index contributed by atoms with van der Waals surface area (Å²) in [6.07, 6.45) is 1.33. The molecule has 1 aromatic carbocycles. The third-order valence-corrected chi connectivity index (χ3v) is 2.35. The van der Waals surface area contributed by atoms with Gasteiger partial charge in [-0.15, -0.1) is 0 Å². The van der Waals surface area contributed by atoms with Crippen molar-refractivity contribution in [3.05, 3.63) is 35.1 Å². The normalized spacial score (nSPS) is 12.9. The van der Waals surface area contributed by atoms with Crippen molar-refractivity contribution in [1.82, 2.24) is 0 Å². The van der Waals surface area contributed by atoms with E-state index in [1.165, 1.54) is 0 Å². The molecule has 0 saturated heterocycles. The average molecular weight is 200 g/mol. The first-order chi connectivity index (χ1) is 6.54. The minimum absolute atomic E-state index is 0.248. The Kier molecular flexibility index (Phi) is 3.61. The molecule has 4 heteroatoms. The molecule has 0 heterocycles. The Bertz CT molecular complexity index is 325. The van der Waals surface area contributed by atoms with Crippen LogP contribution in [0, 0.1) is 17.5 Å². The predicted octanol–water partition coefficient (Wildman–Crippen LogP) is 2.48. The first-order valence-electron chi connectivity index (χ1n) is 4.68. The molecule has 0 aliphatic rings. The van der Waals surface area contributed by atoms with Gasteiger partial charge in [-0.2, -0.15) is 0 Å². The van der Waals surface area contributed by atoms with Crippen LogP contribution < -0.4 is 0 Å². The first-order valence-corrected chi connectivity index (χ1v) is 4.68. The third kappa shape index (κ3) is 2.53. The molecule has 0 N–H and O–H groups in total. The molecule has 1 aromatic rings. The van der Waals surface area contributed by atoms with Crippen molar-refractivity contribution in [2.24, 2.45) is 0 Å². The van der Waals surface area contributed by atoms with E-state index < -0.39 is 17.5 Å². The van der Waals surface area contributed by atoms with E-state index >= 15 is 0 Å². The van der Waals surface area contributed by atoms with Gasteiger partial charge in [-0.25, -0.2) is 13.2 Å². The van der Waals surface area contributed by atoms with Crippen molar-refractivity contribution < 1.29 is 13.2 Å². The lowest BCUT2D eigenvalue weighted by molar-refractivity contribution is 0.489. The van der Waals surface area contributed by atoms with Crippen LogP contribution in [0.3, 0.4) is 0 Å². The molecule has 0 nitrogen and oxygen atoms in total. The summed E-state index contributed by atoms with van der Waals surface area (Å²) in [4.78, 5) is 0. The van der Waals surface area contributed by atoms with Crippen LogP contribution in [0.5, 0.6) is 0 Å². The summed E-state index contributed by atoms with van der Waals surface area (Å²) in [7, 11) is 1.95. The minimum Gasteiger partial charge on any atom is -0.207 e. The quantitative estimate of drug-likeness (QED) is 0.519. The Balaban J connectivity index is 2.92. The van der Waals surface area contributed by atoms with Crippen molar-refractivity contribution in [2.45, 2.75) is 25.6 Å². The van der Waals surface area contributed by atoms with E-state index in [2.05, 4.69) is 0 Å². The summed E-state index contributed by atoms with van der Waals surface area (Å²) in [5.41, 5.74) is 0.248. The second-order valence-corrected chi connectivity index (χ2v) is 3.58. The fourth-order valence-corrected chi connectivity index (χ4v) is 1.24. The zero-order valence-electron chi connectivity index (χ0n) is 8.28. The predicted molar refractivity (Wildman–Crippen MR) is 52.6 cm³/mol. The molecule has 0 radical (unpaired) electrons. The molecule has 0 aromatic heterocycles. The van der Waals surface area contributed by atoms with Gasteiger partial charge >= 0.3 is 0 Å². The van der Waals surface area contributed by atoms with Crippen molar-refractivity contribution in [3.63, 3.8) is 0 Å². The molecule has 0 aliphatic carbocycles. The number of hydrogen-bond donors (Lipinski definition) is 0. The van der Waals surface area contributed by atoms with E-state index in [0.717, 1.165) is 12.5 Å². The van der Waals surface area contributed by atoms with Gasteiger partial charge in [0.25, 0.3) is 0 Å². The molecule has 0 saturated carbocycles. The maximum atomic E-state index is 13.1. The van der Waals surface area contributed by atoms with Crippen LogP contribution in [0.25, 0.3) is 0 Å². The Morgan fingerprint density at radius 3 is 2.29 bits per heavy atom. The molecule has 76 valence electrons. The van der Waals surface area contributed by atoms with Gasteiger partial charge in [0.2, 0.25) is 0 Å². The number of halogens is 3. The van der Waals surface area contributed by atoms with Gasteiger partial charge in [-0.3, -0.25) is 0 Å². The van der Waals surface area contributed by atoms with E-state index in [0.29, 0.717) is 12.5 Å².